The number of aromatic nitrogens is 3. The lowest BCUT2D eigenvalue weighted by molar-refractivity contribution is -0.423. The summed E-state index contributed by atoms with van der Waals surface area (Å²) < 4.78 is -0.0524. The largest absolute Gasteiger partial charge is 0.363 e. The van der Waals surface area contributed by atoms with Crippen molar-refractivity contribution in [3.63, 3.8) is 0 Å². The van der Waals surface area contributed by atoms with E-state index in [9.17, 15) is 20.2 Å². The summed E-state index contributed by atoms with van der Waals surface area (Å²) in [5, 5.41) is 31.2. The number of nitrogens with zero attached hydrogens (tertiary/aromatic N) is 5. The molecule has 0 saturated heterocycles. The second-order valence-electron chi connectivity index (χ2n) is 7.01. The van der Waals surface area contributed by atoms with Gasteiger partial charge in [0.05, 0.1) is 16.4 Å². The van der Waals surface area contributed by atoms with Crippen LogP contribution in [0.15, 0.2) is 8.95 Å². The van der Waals surface area contributed by atoms with E-state index in [1.54, 1.807) is 0 Å². The molecule has 0 saturated carbocycles. The Morgan fingerprint density at radius 2 is 1.14 bits per heavy atom. The summed E-state index contributed by atoms with van der Waals surface area (Å²) in [4.78, 5) is 22.5. The van der Waals surface area contributed by atoms with Gasteiger partial charge in [-0.1, -0.05) is 64.7 Å². The third-order valence-electron chi connectivity index (χ3n) is 4.79. The molecule has 0 spiro atoms. The van der Waals surface area contributed by atoms with Crippen molar-refractivity contribution < 1.29 is 9.85 Å². The van der Waals surface area contributed by atoms with Crippen molar-refractivity contribution in [2.24, 2.45) is 0 Å². The molecule has 160 valence electrons. The lowest BCUT2D eigenvalue weighted by Crippen LogP contribution is -2.02. The maximum absolute atomic E-state index is 11.3. The van der Waals surface area contributed by atoms with E-state index in [2.05, 4.69) is 49.0 Å². The van der Waals surface area contributed by atoms with Crippen molar-refractivity contribution in [3.05, 3.63) is 29.2 Å². The molecule has 0 aliphatic carbocycles. The van der Waals surface area contributed by atoms with Crippen LogP contribution in [0.4, 0.5) is 11.4 Å². The SMILES string of the molecule is CCCCCCCCCCCCn1nc2c(Br)c([N+](=O)[O-])c([N+](=O)[O-])c(Br)c2n1. The fourth-order valence-electron chi connectivity index (χ4n) is 3.25. The zero-order valence-electron chi connectivity index (χ0n) is 16.4. The van der Waals surface area contributed by atoms with Crippen molar-refractivity contribution in [3.8, 4) is 0 Å². The molecular formula is C18H25Br2N5O4. The van der Waals surface area contributed by atoms with Crippen LogP contribution in [0.2, 0.25) is 0 Å². The van der Waals surface area contributed by atoms with Gasteiger partial charge in [-0.25, -0.2) is 0 Å². The fourth-order valence-corrected chi connectivity index (χ4v) is 4.45. The van der Waals surface area contributed by atoms with Crippen LogP contribution in [0, 0.1) is 20.2 Å². The Balaban J connectivity index is 1.95. The van der Waals surface area contributed by atoms with Gasteiger partial charge < -0.3 is 0 Å². The number of unbranched alkanes of at least 4 members (excludes halogenated alkanes) is 9. The number of nitro benzene ring substituents is 2. The highest BCUT2D eigenvalue weighted by atomic mass is 79.9. The van der Waals surface area contributed by atoms with Gasteiger partial charge in [-0.15, -0.1) is 0 Å². The Labute approximate surface area is 185 Å². The average molecular weight is 535 g/mol. The molecule has 2 rings (SSSR count). The van der Waals surface area contributed by atoms with Crippen LogP contribution in [-0.2, 0) is 6.54 Å². The summed E-state index contributed by atoms with van der Waals surface area (Å²) in [5.74, 6) is 0. The van der Waals surface area contributed by atoms with Crippen molar-refractivity contribution >= 4 is 54.3 Å². The van der Waals surface area contributed by atoms with Crippen LogP contribution in [0.25, 0.3) is 11.0 Å². The summed E-state index contributed by atoms with van der Waals surface area (Å²) in [6.07, 6.45) is 12.1. The molecule has 1 heterocycles. The molecular weight excluding hydrogens is 510 g/mol. The van der Waals surface area contributed by atoms with Gasteiger partial charge in [-0.05, 0) is 38.3 Å². The Morgan fingerprint density at radius 1 is 0.759 bits per heavy atom. The number of aryl methyl sites for hydroxylation is 1. The lowest BCUT2D eigenvalue weighted by atomic mass is 10.1. The molecule has 11 heteroatoms. The van der Waals surface area contributed by atoms with E-state index in [-0.39, 0.29) is 20.0 Å². The molecule has 0 fully saturated rings. The Hall–Kier alpha value is -1.62. The van der Waals surface area contributed by atoms with Crippen molar-refractivity contribution in [1.29, 1.82) is 0 Å². The third kappa shape index (κ3) is 6.18. The van der Waals surface area contributed by atoms with Crippen molar-refractivity contribution in [2.75, 3.05) is 0 Å². The first kappa shape index (κ1) is 23.7. The fraction of sp³-hybridized carbons (Fsp3) is 0.667. The maximum Gasteiger partial charge on any atom is 0.363 e. The smallest absolute Gasteiger partial charge is 0.258 e. The zero-order chi connectivity index (χ0) is 21.4. The molecule has 0 aliphatic rings. The Kier molecular flexibility index (Phi) is 9.41. The van der Waals surface area contributed by atoms with Gasteiger partial charge in [-0.3, -0.25) is 20.2 Å². The van der Waals surface area contributed by atoms with Crippen LogP contribution in [-0.4, -0.2) is 24.8 Å². The van der Waals surface area contributed by atoms with Crippen molar-refractivity contribution in [1.82, 2.24) is 15.0 Å². The summed E-state index contributed by atoms with van der Waals surface area (Å²) in [7, 11) is 0. The topological polar surface area (TPSA) is 117 Å². The molecule has 0 N–H and O–H groups in total. The highest BCUT2D eigenvalue weighted by Gasteiger charge is 2.36. The second kappa shape index (κ2) is 11.5. The molecule has 1 aromatic heterocycles. The highest BCUT2D eigenvalue weighted by molar-refractivity contribution is 9.11. The summed E-state index contributed by atoms with van der Waals surface area (Å²) in [6.45, 7) is 2.78. The zero-order valence-corrected chi connectivity index (χ0v) is 19.6. The number of halogens is 2. The molecule has 0 radical (unpaired) electrons. The van der Waals surface area contributed by atoms with Gasteiger partial charge in [0.1, 0.15) is 20.0 Å². The van der Waals surface area contributed by atoms with E-state index < -0.39 is 21.2 Å². The normalized spacial score (nSPS) is 11.3. The van der Waals surface area contributed by atoms with Crippen LogP contribution < -0.4 is 0 Å². The van der Waals surface area contributed by atoms with Crippen LogP contribution in [0.1, 0.15) is 71.1 Å². The highest BCUT2D eigenvalue weighted by Crippen LogP contribution is 2.45. The van der Waals surface area contributed by atoms with Crippen LogP contribution in [0.5, 0.6) is 0 Å². The molecule has 0 aliphatic heterocycles. The van der Waals surface area contributed by atoms with E-state index in [0.29, 0.717) is 6.54 Å². The molecule has 0 unspecified atom stereocenters. The van der Waals surface area contributed by atoms with Gasteiger partial charge in [0.25, 0.3) is 0 Å². The van der Waals surface area contributed by atoms with Crippen LogP contribution in [0.3, 0.4) is 0 Å². The first-order valence-electron chi connectivity index (χ1n) is 9.93. The Morgan fingerprint density at radius 3 is 1.52 bits per heavy atom. The van der Waals surface area contributed by atoms with E-state index in [4.69, 9.17) is 0 Å². The first-order chi connectivity index (χ1) is 13.9. The minimum absolute atomic E-state index is 0.0262. The number of nitro groups is 2. The standard InChI is InChI=1S/C18H25Br2N5O4/c1-2-3-4-5-6-7-8-9-10-11-12-23-21-15-13(19)17(24(26)27)18(25(28)29)14(20)16(15)22-23/h2-12H2,1H3. The summed E-state index contributed by atoms with van der Waals surface area (Å²) in [5.41, 5.74) is -0.775. The van der Waals surface area contributed by atoms with Gasteiger partial charge in [0.2, 0.25) is 0 Å². The van der Waals surface area contributed by atoms with Gasteiger partial charge in [0.15, 0.2) is 0 Å². The predicted octanol–water partition coefficient (Wildman–Crippen LogP) is 6.69. The monoisotopic (exact) mass is 533 g/mol. The molecule has 2 aromatic rings. The quantitative estimate of drug-likeness (QED) is 0.160. The van der Waals surface area contributed by atoms with E-state index in [1.807, 2.05) is 0 Å². The van der Waals surface area contributed by atoms with Gasteiger partial charge in [-0.2, -0.15) is 15.0 Å². The molecule has 1 aromatic carbocycles. The third-order valence-corrected chi connectivity index (χ3v) is 6.29. The molecule has 0 atom stereocenters. The first-order valence-corrected chi connectivity index (χ1v) is 11.5. The van der Waals surface area contributed by atoms with Gasteiger partial charge in [0, 0.05) is 0 Å². The number of hydrogen-bond acceptors (Lipinski definition) is 6. The minimum Gasteiger partial charge on any atom is -0.258 e. The molecule has 29 heavy (non-hydrogen) atoms. The molecule has 0 amide bonds. The van der Waals surface area contributed by atoms with E-state index in [0.717, 1.165) is 19.3 Å². The van der Waals surface area contributed by atoms with E-state index >= 15 is 0 Å². The lowest BCUT2D eigenvalue weighted by Gasteiger charge is -2.02. The minimum atomic E-state index is -0.784. The predicted molar refractivity (Wildman–Crippen MR) is 118 cm³/mol. The summed E-state index contributed by atoms with van der Waals surface area (Å²) in [6, 6.07) is 0. The molecule has 0 bridgehead atoms. The van der Waals surface area contributed by atoms with Crippen LogP contribution >= 0.6 is 31.9 Å². The van der Waals surface area contributed by atoms with E-state index in [1.165, 1.54) is 49.7 Å². The van der Waals surface area contributed by atoms with Crippen molar-refractivity contribution in [2.45, 2.75) is 77.7 Å². The Bertz CT molecular complexity index is 815. The number of rotatable bonds is 13. The number of hydrogen-bond donors (Lipinski definition) is 0. The van der Waals surface area contributed by atoms with Gasteiger partial charge >= 0.3 is 11.4 Å². The number of fused-ring (bicyclic) bond motifs is 1. The maximum atomic E-state index is 11.3. The number of benzene rings is 1. The average Bonchev–Trinajstić information content (AvgIpc) is 3.10. The molecule has 9 nitrogen and oxygen atoms in total. The second-order valence-corrected chi connectivity index (χ2v) is 8.60. The summed E-state index contributed by atoms with van der Waals surface area (Å²) >= 11 is 6.20.